The standard InChI is InChI=1S/C29H23F6N7O3S/c1-16-3-4-18(12-45-14-28(30,31)32)22(9-16)42-23(43)13-46-27(42)39-26(44)38-24-17(2)10-19(11-36-24)25-37-15-41(40-25)21-7-5-20(6-8-21)29(33,34)35/h3-11,15H,12-14H2,1-2H3,(H,36,38,44)/b39-27-. The lowest BCUT2D eigenvalue weighted by atomic mass is 10.1. The molecule has 5 rings (SSSR count). The number of nitrogens with one attached hydrogen (secondary N) is 1. The average Bonchev–Trinajstić information content (AvgIpc) is 3.61. The Morgan fingerprint density at radius 1 is 1.04 bits per heavy atom. The van der Waals surface area contributed by atoms with Crippen LogP contribution in [0.5, 0.6) is 0 Å². The Labute approximate surface area is 261 Å². The number of pyridine rings is 1. The van der Waals surface area contributed by atoms with Crippen LogP contribution < -0.4 is 10.2 Å². The van der Waals surface area contributed by atoms with Crippen molar-refractivity contribution >= 4 is 40.4 Å². The third kappa shape index (κ3) is 7.71. The van der Waals surface area contributed by atoms with Gasteiger partial charge in [0.25, 0.3) is 0 Å². The highest BCUT2D eigenvalue weighted by atomic mass is 32.2. The molecular weight excluding hydrogens is 640 g/mol. The number of halogens is 6. The lowest BCUT2D eigenvalue weighted by Crippen LogP contribution is -2.31. The monoisotopic (exact) mass is 663 g/mol. The lowest BCUT2D eigenvalue weighted by Gasteiger charge is -2.21. The van der Waals surface area contributed by atoms with Gasteiger partial charge < -0.3 is 4.74 Å². The van der Waals surface area contributed by atoms with Gasteiger partial charge in [0.2, 0.25) is 5.91 Å². The maximum Gasteiger partial charge on any atom is 0.416 e. The number of alkyl halides is 6. The third-order valence-corrected chi connectivity index (χ3v) is 7.40. The molecule has 2 aromatic heterocycles. The molecule has 0 saturated carbocycles. The first kappa shape index (κ1) is 32.6. The summed E-state index contributed by atoms with van der Waals surface area (Å²) in [5, 5.41) is 6.88. The molecule has 3 amide bonds. The van der Waals surface area contributed by atoms with Gasteiger partial charge in [0.1, 0.15) is 18.8 Å². The van der Waals surface area contributed by atoms with Gasteiger partial charge in [0, 0.05) is 17.3 Å². The second-order valence-electron chi connectivity index (χ2n) is 10.0. The molecule has 0 spiro atoms. The summed E-state index contributed by atoms with van der Waals surface area (Å²) in [4.78, 5) is 39.3. The lowest BCUT2D eigenvalue weighted by molar-refractivity contribution is -0.176. The number of urea groups is 1. The number of benzene rings is 2. The molecule has 10 nitrogen and oxygen atoms in total. The molecule has 0 bridgehead atoms. The highest BCUT2D eigenvalue weighted by molar-refractivity contribution is 8.15. The van der Waals surface area contributed by atoms with Gasteiger partial charge in [-0.05, 0) is 61.4 Å². The fourth-order valence-corrected chi connectivity index (χ4v) is 5.19. The van der Waals surface area contributed by atoms with E-state index in [4.69, 9.17) is 4.74 Å². The third-order valence-electron chi connectivity index (χ3n) is 6.48. The average molecular weight is 664 g/mol. The van der Waals surface area contributed by atoms with Crippen molar-refractivity contribution in [1.82, 2.24) is 19.7 Å². The van der Waals surface area contributed by atoms with Gasteiger partial charge in [-0.1, -0.05) is 23.9 Å². The van der Waals surface area contributed by atoms with E-state index in [1.54, 1.807) is 38.1 Å². The van der Waals surface area contributed by atoms with E-state index in [1.807, 2.05) is 0 Å². The Balaban J connectivity index is 1.30. The van der Waals surface area contributed by atoms with Crippen LogP contribution >= 0.6 is 11.8 Å². The number of ether oxygens (including phenoxy) is 1. The Hall–Kier alpha value is -4.77. The molecule has 240 valence electrons. The first-order chi connectivity index (χ1) is 21.7. The molecule has 2 aromatic carbocycles. The number of carbonyl (C=O) groups is 2. The number of carbonyl (C=O) groups excluding carboxylic acids is 2. The van der Waals surface area contributed by atoms with Crippen molar-refractivity contribution in [2.24, 2.45) is 4.99 Å². The summed E-state index contributed by atoms with van der Waals surface area (Å²) in [5.41, 5.74) is 1.83. The smallest absolute Gasteiger partial charge is 0.367 e. The van der Waals surface area contributed by atoms with Crippen LogP contribution in [-0.4, -0.2) is 55.4 Å². The van der Waals surface area contributed by atoms with Gasteiger partial charge in [-0.25, -0.2) is 19.4 Å². The van der Waals surface area contributed by atoms with Crippen molar-refractivity contribution in [3.63, 3.8) is 0 Å². The summed E-state index contributed by atoms with van der Waals surface area (Å²) >= 11 is 0.991. The summed E-state index contributed by atoms with van der Waals surface area (Å²) in [6, 6.07) is 10.0. The summed E-state index contributed by atoms with van der Waals surface area (Å²) in [6.45, 7) is 1.52. The second kappa shape index (κ2) is 12.9. The zero-order valence-electron chi connectivity index (χ0n) is 24.0. The molecule has 1 aliphatic rings. The molecular formula is C29H23F6N7O3S. The molecule has 1 N–H and O–H groups in total. The van der Waals surface area contributed by atoms with E-state index in [9.17, 15) is 35.9 Å². The van der Waals surface area contributed by atoms with Gasteiger partial charge in [-0.2, -0.15) is 31.3 Å². The fourth-order valence-electron chi connectivity index (χ4n) is 4.33. The highest BCUT2D eigenvalue weighted by Crippen LogP contribution is 2.32. The largest absolute Gasteiger partial charge is 0.416 e. The molecule has 1 saturated heterocycles. The Kier molecular flexibility index (Phi) is 9.16. The van der Waals surface area contributed by atoms with Crippen molar-refractivity contribution < 1.29 is 40.7 Å². The summed E-state index contributed by atoms with van der Waals surface area (Å²) in [7, 11) is 0. The molecule has 0 unspecified atom stereocenters. The molecule has 0 radical (unpaired) electrons. The minimum Gasteiger partial charge on any atom is -0.367 e. The molecule has 3 heterocycles. The Bertz CT molecular complexity index is 1810. The maximum atomic E-state index is 12.9. The van der Waals surface area contributed by atoms with E-state index in [-0.39, 0.29) is 28.3 Å². The Morgan fingerprint density at radius 2 is 1.78 bits per heavy atom. The quantitative estimate of drug-likeness (QED) is 0.219. The number of aromatic nitrogens is 4. The number of anilines is 2. The highest BCUT2D eigenvalue weighted by Gasteiger charge is 2.33. The first-order valence-corrected chi connectivity index (χ1v) is 14.3. The topological polar surface area (TPSA) is 115 Å². The van der Waals surface area contributed by atoms with Gasteiger partial charge in [-0.3, -0.25) is 15.0 Å². The van der Waals surface area contributed by atoms with Crippen LogP contribution in [0.4, 0.5) is 42.6 Å². The van der Waals surface area contributed by atoms with Gasteiger partial charge in [-0.15, -0.1) is 5.10 Å². The Morgan fingerprint density at radius 3 is 2.46 bits per heavy atom. The number of hydrogen-bond acceptors (Lipinski definition) is 7. The van der Waals surface area contributed by atoms with Crippen LogP contribution in [0.15, 0.2) is 66.0 Å². The molecule has 4 aromatic rings. The predicted molar refractivity (Wildman–Crippen MR) is 158 cm³/mol. The van der Waals surface area contributed by atoms with Crippen LogP contribution in [0, 0.1) is 13.8 Å². The predicted octanol–water partition coefficient (Wildman–Crippen LogP) is 6.71. The van der Waals surface area contributed by atoms with Crippen molar-refractivity contribution in [1.29, 1.82) is 0 Å². The minimum atomic E-state index is -4.52. The number of aryl methyl sites for hydroxylation is 2. The van der Waals surface area contributed by atoms with E-state index in [2.05, 4.69) is 25.4 Å². The summed E-state index contributed by atoms with van der Waals surface area (Å²) < 4.78 is 82.6. The SMILES string of the molecule is Cc1ccc(COCC(F)(F)F)c(N2C(=O)CS/C2=N\C(=O)Nc2ncc(-c3ncn(-c4ccc(C(F)(F)F)cc4)n3)cc2C)c1. The summed E-state index contributed by atoms with van der Waals surface area (Å²) in [6.07, 6.45) is -6.25. The van der Waals surface area contributed by atoms with Gasteiger partial charge in [0.15, 0.2) is 11.0 Å². The van der Waals surface area contributed by atoms with E-state index in [0.717, 1.165) is 29.5 Å². The fraction of sp³-hybridized carbons (Fsp3) is 0.241. The van der Waals surface area contributed by atoms with Crippen molar-refractivity contribution in [2.75, 3.05) is 22.6 Å². The van der Waals surface area contributed by atoms with Crippen LogP contribution in [0.3, 0.4) is 0 Å². The number of hydrogen-bond donors (Lipinski definition) is 1. The molecule has 0 aliphatic carbocycles. The van der Waals surface area contributed by atoms with E-state index in [0.29, 0.717) is 22.4 Å². The van der Waals surface area contributed by atoms with Crippen LogP contribution in [0.1, 0.15) is 22.3 Å². The molecule has 1 aliphatic heterocycles. The zero-order valence-corrected chi connectivity index (χ0v) is 24.8. The number of thioether (sulfide) groups is 1. The number of nitrogens with zero attached hydrogens (tertiary/aromatic N) is 6. The number of amides is 3. The maximum absolute atomic E-state index is 12.9. The first-order valence-electron chi connectivity index (χ1n) is 13.3. The van der Waals surface area contributed by atoms with Crippen LogP contribution in [-0.2, 0) is 22.3 Å². The van der Waals surface area contributed by atoms with Gasteiger partial charge >= 0.3 is 18.4 Å². The molecule has 17 heteroatoms. The number of rotatable bonds is 7. The number of amidine groups is 1. The van der Waals surface area contributed by atoms with E-state index >= 15 is 0 Å². The number of aliphatic imine (C=N–C) groups is 1. The molecule has 46 heavy (non-hydrogen) atoms. The zero-order chi connectivity index (χ0) is 33.2. The summed E-state index contributed by atoms with van der Waals surface area (Å²) in [5.74, 6) is -0.0709. The normalized spacial score (nSPS) is 14.7. The van der Waals surface area contributed by atoms with Crippen molar-refractivity contribution in [3.8, 4) is 17.1 Å². The van der Waals surface area contributed by atoms with E-state index in [1.165, 1.54) is 34.2 Å². The van der Waals surface area contributed by atoms with Crippen molar-refractivity contribution in [2.45, 2.75) is 32.8 Å². The van der Waals surface area contributed by atoms with Gasteiger partial charge in [0.05, 0.1) is 29.3 Å². The minimum absolute atomic E-state index is 0.0254. The second-order valence-corrected chi connectivity index (χ2v) is 11.0. The van der Waals surface area contributed by atoms with E-state index < -0.39 is 43.1 Å². The molecule has 0 atom stereocenters. The van der Waals surface area contributed by atoms with Crippen LogP contribution in [0.2, 0.25) is 0 Å². The molecule has 1 fully saturated rings. The van der Waals surface area contributed by atoms with Crippen molar-refractivity contribution in [3.05, 3.63) is 83.3 Å². The van der Waals surface area contributed by atoms with Crippen LogP contribution in [0.25, 0.3) is 17.1 Å².